The van der Waals surface area contributed by atoms with E-state index in [-0.39, 0.29) is 33.3 Å². The van der Waals surface area contributed by atoms with E-state index in [1.165, 1.54) is 0 Å². The number of fused-ring (bicyclic) bond motifs is 5. The van der Waals surface area contributed by atoms with E-state index in [4.69, 9.17) is 16.3 Å². The second-order valence-corrected chi connectivity index (χ2v) is 11.4. The molecule has 2 saturated carbocycles. The summed E-state index contributed by atoms with van der Waals surface area (Å²) in [6.45, 7) is 0.778. The molecule has 1 N–H and O–H groups in total. The van der Waals surface area contributed by atoms with Crippen LogP contribution in [0.1, 0.15) is 12.0 Å². The highest BCUT2D eigenvalue weighted by Crippen LogP contribution is 2.60. The van der Waals surface area contributed by atoms with Gasteiger partial charge in [0.2, 0.25) is 11.8 Å². The number of rotatable bonds is 5. The number of esters is 1. The molecule has 1 saturated heterocycles. The maximum absolute atomic E-state index is 12.8. The molecule has 0 unspecified atom stereocenters. The summed E-state index contributed by atoms with van der Waals surface area (Å²) in [5, 5.41) is 3.06. The van der Waals surface area contributed by atoms with Crippen LogP contribution in [0.25, 0.3) is 0 Å². The summed E-state index contributed by atoms with van der Waals surface area (Å²) >= 11 is 16.6. The lowest BCUT2D eigenvalue weighted by Crippen LogP contribution is -2.38. The Labute approximate surface area is 208 Å². The van der Waals surface area contributed by atoms with Gasteiger partial charge in [-0.1, -0.05) is 43.5 Å². The first kappa shape index (κ1) is 23.2. The van der Waals surface area contributed by atoms with Crippen LogP contribution in [-0.4, -0.2) is 51.4 Å². The van der Waals surface area contributed by atoms with Crippen molar-refractivity contribution in [2.45, 2.75) is 23.0 Å². The Hall–Kier alpha value is -0.970. The zero-order valence-electron chi connectivity index (χ0n) is 16.2. The first-order valence-electron chi connectivity index (χ1n) is 9.64. The highest BCUT2D eigenvalue weighted by atomic mass is 79.9. The third kappa shape index (κ3) is 4.09. The van der Waals surface area contributed by atoms with Crippen LogP contribution in [0, 0.1) is 30.6 Å². The van der Waals surface area contributed by atoms with Crippen LogP contribution < -0.4 is 5.32 Å². The maximum Gasteiger partial charge on any atom is 0.326 e. The molecule has 1 aromatic carbocycles. The fraction of sp³-hybridized carbons (Fsp3) is 0.500. The van der Waals surface area contributed by atoms with Crippen molar-refractivity contribution in [3.63, 3.8) is 0 Å². The van der Waals surface area contributed by atoms with Crippen LogP contribution in [-0.2, 0) is 23.9 Å². The van der Waals surface area contributed by atoms with E-state index in [0.717, 1.165) is 16.9 Å². The summed E-state index contributed by atoms with van der Waals surface area (Å²) in [5.74, 6) is -2.64. The first-order valence-corrected chi connectivity index (χ1v) is 12.6. The number of aryl methyl sites for hydroxylation is 1. The molecule has 3 aliphatic rings. The summed E-state index contributed by atoms with van der Waals surface area (Å²) < 4.78 is 5.70. The predicted octanol–water partition coefficient (Wildman–Crippen LogP) is 3.67. The van der Waals surface area contributed by atoms with Crippen molar-refractivity contribution in [1.29, 1.82) is 0 Å². The Kier molecular flexibility index (Phi) is 6.55. The van der Waals surface area contributed by atoms with Gasteiger partial charge in [-0.25, -0.2) is 0 Å². The highest BCUT2D eigenvalue weighted by molar-refractivity contribution is 9.12. The number of ether oxygens (including phenoxy) is 1. The van der Waals surface area contributed by atoms with E-state index in [2.05, 4.69) is 53.1 Å². The number of likely N-dealkylation sites (tertiary alicyclic amines) is 1. The van der Waals surface area contributed by atoms with Crippen molar-refractivity contribution < 1.29 is 23.9 Å². The van der Waals surface area contributed by atoms with Gasteiger partial charge in [0.15, 0.2) is 6.61 Å². The molecule has 7 nitrogen and oxygen atoms in total. The van der Waals surface area contributed by atoms with Crippen LogP contribution in [0.2, 0.25) is 5.02 Å². The second-order valence-electron chi connectivity index (χ2n) is 8.06. The number of nitrogens with one attached hydrogen (secondary N) is 1. The Bertz CT molecular complexity index is 958. The standard InChI is InChI=1S/C20H18Br3ClN2O5/c1-7-2-10(21)11(24)4-12(7)25-13(27)6-31-14(28)5-26-19(29)15-8-3-9(16(15)20(26)30)18(23)17(8)22/h2,4,8-9,15-18H,3,5-6H2,1H3,(H,25,27)/t8-,9-,15-,16-,17+,18+/m1/s1. The van der Waals surface area contributed by atoms with Crippen LogP contribution >= 0.6 is 59.4 Å². The Morgan fingerprint density at radius 2 is 1.74 bits per heavy atom. The van der Waals surface area contributed by atoms with Gasteiger partial charge in [-0.3, -0.25) is 24.1 Å². The van der Waals surface area contributed by atoms with Gasteiger partial charge < -0.3 is 10.1 Å². The van der Waals surface area contributed by atoms with E-state index in [0.29, 0.717) is 15.2 Å². The monoisotopic (exact) mass is 638 g/mol. The Balaban J connectivity index is 1.33. The molecule has 6 atom stereocenters. The molecule has 3 amide bonds. The Morgan fingerprint density at radius 1 is 1.16 bits per heavy atom. The van der Waals surface area contributed by atoms with Crippen molar-refractivity contribution in [3.05, 3.63) is 27.2 Å². The van der Waals surface area contributed by atoms with E-state index in [9.17, 15) is 19.2 Å². The highest BCUT2D eigenvalue weighted by Gasteiger charge is 2.66. The maximum atomic E-state index is 12.8. The molecule has 2 bridgehead atoms. The number of halogens is 4. The topological polar surface area (TPSA) is 92.8 Å². The number of imide groups is 1. The number of carbonyl (C=O) groups excluding carboxylic acids is 4. The van der Waals surface area contributed by atoms with Crippen molar-refractivity contribution >= 4 is 88.8 Å². The largest absolute Gasteiger partial charge is 0.454 e. The van der Waals surface area contributed by atoms with Gasteiger partial charge in [0.25, 0.3) is 5.91 Å². The molecule has 1 aliphatic heterocycles. The van der Waals surface area contributed by atoms with Gasteiger partial charge in [0.1, 0.15) is 6.54 Å². The van der Waals surface area contributed by atoms with Gasteiger partial charge in [-0.15, -0.1) is 0 Å². The number of nitrogens with zero attached hydrogens (tertiary/aromatic N) is 1. The minimum absolute atomic E-state index is 0.0728. The van der Waals surface area contributed by atoms with E-state index >= 15 is 0 Å². The van der Waals surface area contributed by atoms with Crippen molar-refractivity contribution in [3.8, 4) is 0 Å². The molecule has 0 radical (unpaired) electrons. The van der Waals surface area contributed by atoms with Gasteiger partial charge in [0.05, 0.1) is 16.9 Å². The zero-order chi connectivity index (χ0) is 22.6. The quantitative estimate of drug-likeness (QED) is 0.301. The van der Waals surface area contributed by atoms with Gasteiger partial charge >= 0.3 is 5.97 Å². The van der Waals surface area contributed by atoms with Gasteiger partial charge in [0, 0.05) is 19.8 Å². The van der Waals surface area contributed by atoms with E-state index in [1.807, 2.05) is 0 Å². The van der Waals surface area contributed by atoms with Crippen LogP contribution in [0.5, 0.6) is 0 Å². The lowest BCUT2D eigenvalue weighted by Gasteiger charge is -2.28. The molecule has 166 valence electrons. The van der Waals surface area contributed by atoms with E-state index < -0.39 is 36.9 Å². The first-order chi connectivity index (χ1) is 14.6. The van der Waals surface area contributed by atoms with Crippen molar-refractivity contribution in [2.24, 2.45) is 23.7 Å². The summed E-state index contributed by atoms with van der Waals surface area (Å²) in [7, 11) is 0. The van der Waals surface area contributed by atoms with Crippen LogP contribution in [0.4, 0.5) is 5.69 Å². The van der Waals surface area contributed by atoms with Crippen LogP contribution in [0.3, 0.4) is 0 Å². The minimum atomic E-state index is -0.805. The molecule has 0 aromatic heterocycles. The number of amides is 3. The number of carbonyl (C=O) groups is 4. The van der Waals surface area contributed by atoms with Crippen molar-refractivity contribution in [2.75, 3.05) is 18.5 Å². The SMILES string of the molecule is Cc1cc(Br)c(Cl)cc1NC(=O)COC(=O)CN1C(=O)[C@@H]2[C@H]3C[C@@H]([C@H](Br)[C@H]3Br)[C@H]2C1=O. The molecular weight excluding hydrogens is 623 g/mol. The zero-order valence-corrected chi connectivity index (χ0v) is 21.8. The number of benzene rings is 1. The number of anilines is 1. The second kappa shape index (κ2) is 8.76. The third-order valence-electron chi connectivity index (χ3n) is 6.27. The summed E-state index contributed by atoms with van der Waals surface area (Å²) in [6, 6.07) is 3.34. The average molecular weight is 642 g/mol. The molecule has 11 heteroatoms. The molecule has 2 aliphatic carbocycles. The van der Waals surface area contributed by atoms with Crippen LogP contribution in [0.15, 0.2) is 16.6 Å². The normalized spacial score (nSPS) is 31.2. The molecular formula is C20H18Br3ClN2O5. The summed E-state index contributed by atoms with van der Waals surface area (Å²) in [6.07, 6.45) is 0.816. The smallest absolute Gasteiger partial charge is 0.326 e. The third-order valence-corrected chi connectivity index (χ3v) is 10.7. The molecule has 3 fully saturated rings. The Morgan fingerprint density at radius 3 is 2.32 bits per heavy atom. The average Bonchev–Trinajstić information content (AvgIpc) is 3.31. The van der Waals surface area contributed by atoms with Crippen molar-refractivity contribution in [1.82, 2.24) is 4.90 Å². The number of hydrogen-bond acceptors (Lipinski definition) is 5. The van der Waals surface area contributed by atoms with Gasteiger partial charge in [-0.2, -0.15) is 0 Å². The summed E-state index contributed by atoms with van der Waals surface area (Å²) in [5.41, 5.74) is 1.27. The molecule has 31 heavy (non-hydrogen) atoms. The number of hydrogen-bond donors (Lipinski definition) is 1. The number of alkyl halides is 2. The fourth-order valence-electron chi connectivity index (χ4n) is 4.85. The predicted molar refractivity (Wildman–Crippen MR) is 124 cm³/mol. The minimum Gasteiger partial charge on any atom is -0.454 e. The van der Waals surface area contributed by atoms with Gasteiger partial charge in [-0.05, 0) is 58.8 Å². The lowest BCUT2D eigenvalue weighted by atomic mass is 9.81. The lowest BCUT2D eigenvalue weighted by molar-refractivity contribution is -0.154. The molecule has 0 spiro atoms. The molecule has 4 rings (SSSR count). The molecule has 1 aromatic rings. The summed E-state index contributed by atoms with van der Waals surface area (Å²) in [4.78, 5) is 51.3. The molecule has 1 heterocycles. The van der Waals surface area contributed by atoms with E-state index in [1.54, 1.807) is 19.1 Å². The fourth-order valence-corrected chi connectivity index (χ4v) is 7.35.